The van der Waals surface area contributed by atoms with Crippen LogP contribution < -0.4 is 0 Å². The van der Waals surface area contributed by atoms with Crippen LogP contribution in [0.4, 0.5) is 0 Å². The number of phenolic OH excluding ortho intramolecular Hbond substituents is 1. The standard InChI is InChI=1S/C11H14O2/c1-9(6-7-12)8-10-4-2-3-5-11(10)13/h2-5,7,9,13H,6,8H2,1H3. The van der Waals surface area contributed by atoms with Crippen molar-refractivity contribution in [1.82, 2.24) is 0 Å². The normalized spacial score (nSPS) is 12.4. The minimum absolute atomic E-state index is 0.297. The number of aromatic hydroxyl groups is 1. The molecule has 0 saturated heterocycles. The third-order valence-electron chi connectivity index (χ3n) is 2.06. The molecule has 1 aromatic carbocycles. The summed E-state index contributed by atoms with van der Waals surface area (Å²) in [6, 6.07) is 7.24. The summed E-state index contributed by atoms with van der Waals surface area (Å²) < 4.78 is 0. The second-order valence-electron chi connectivity index (χ2n) is 3.34. The van der Waals surface area contributed by atoms with Crippen molar-refractivity contribution < 1.29 is 9.90 Å². The highest BCUT2D eigenvalue weighted by Crippen LogP contribution is 2.20. The van der Waals surface area contributed by atoms with E-state index in [0.717, 1.165) is 18.3 Å². The lowest BCUT2D eigenvalue weighted by Crippen LogP contribution is -2.00. The first-order valence-electron chi connectivity index (χ1n) is 4.44. The van der Waals surface area contributed by atoms with Crippen LogP contribution in [0.15, 0.2) is 24.3 Å². The molecule has 0 heterocycles. The van der Waals surface area contributed by atoms with Crippen LogP contribution in [0.5, 0.6) is 5.75 Å². The number of carbonyl (C=O) groups is 1. The molecular formula is C11H14O2. The Hall–Kier alpha value is -1.31. The predicted molar refractivity (Wildman–Crippen MR) is 51.7 cm³/mol. The number of hydrogen-bond donors (Lipinski definition) is 1. The number of aldehydes is 1. The quantitative estimate of drug-likeness (QED) is 0.717. The molecule has 0 amide bonds. The molecule has 2 heteroatoms. The Bertz CT molecular complexity index is 281. The van der Waals surface area contributed by atoms with E-state index in [1.165, 1.54) is 0 Å². The molecule has 0 bridgehead atoms. The van der Waals surface area contributed by atoms with Gasteiger partial charge in [0, 0.05) is 6.42 Å². The van der Waals surface area contributed by atoms with Gasteiger partial charge in [0.05, 0.1) is 0 Å². The Morgan fingerprint density at radius 1 is 1.46 bits per heavy atom. The molecule has 0 aliphatic heterocycles. The Balaban J connectivity index is 2.63. The van der Waals surface area contributed by atoms with Crippen LogP contribution in [0, 0.1) is 5.92 Å². The average Bonchev–Trinajstić information content (AvgIpc) is 2.09. The van der Waals surface area contributed by atoms with Gasteiger partial charge in [0.25, 0.3) is 0 Å². The zero-order chi connectivity index (χ0) is 9.68. The van der Waals surface area contributed by atoms with E-state index >= 15 is 0 Å². The maximum absolute atomic E-state index is 10.2. The topological polar surface area (TPSA) is 37.3 Å². The van der Waals surface area contributed by atoms with Gasteiger partial charge in [-0.15, -0.1) is 0 Å². The molecule has 70 valence electrons. The first-order chi connectivity index (χ1) is 6.24. The van der Waals surface area contributed by atoms with Gasteiger partial charge in [-0.1, -0.05) is 25.1 Å². The molecule has 13 heavy (non-hydrogen) atoms. The molecule has 1 unspecified atom stereocenters. The number of rotatable bonds is 4. The summed E-state index contributed by atoms with van der Waals surface area (Å²) in [5.74, 6) is 0.617. The zero-order valence-corrected chi connectivity index (χ0v) is 7.73. The minimum atomic E-state index is 0.297. The highest BCUT2D eigenvalue weighted by Gasteiger charge is 2.05. The van der Waals surface area contributed by atoms with Crippen molar-refractivity contribution >= 4 is 6.29 Å². The van der Waals surface area contributed by atoms with Crippen LogP contribution in [0.2, 0.25) is 0 Å². The summed E-state index contributed by atoms with van der Waals surface area (Å²) in [5, 5.41) is 9.44. The van der Waals surface area contributed by atoms with Gasteiger partial charge in [-0.3, -0.25) is 0 Å². The van der Waals surface area contributed by atoms with Gasteiger partial charge in [-0.2, -0.15) is 0 Å². The Kier molecular flexibility index (Phi) is 3.50. The van der Waals surface area contributed by atoms with Crippen LogP contribution in [0.3, 0.4) is 0 Å². The molecule has 1 aromatic rings. The molecule has 0 aliphatic rings. The summed E-state index contributed by atoms with van der Waals surface area (Å²) in [6.45, 7) is 2.00. The van der Waals surface area contributed by atoms with Crippen molar-refractivity contribution in [2.75, 3.05) is 0 Å². The molecule has 0 spiro atoms. The van der Waals surface area contributed by atoms with Crippen LogP contribution in [0.1, 0.15) is 18.9 Å². The largest absolute Gasteiger partial charge is 0.508 e. The van der Waals surface area contributed by atoms with Gasteiger partial charge >= 0.3 is 0 Å². The minimum Gasteiger partial charge on any atom is -0.508 e. The molecular weight excluding hydrogens is 164 g/mol. The monoisotopic (exact) mass is 178 g/mol. The number of phenols is 1. The van der Waals surface area contributed by atoms with E-state index in [2.05, 4.69) is 0 Å². The summed E-state index contributed by atoms with van der Waals surface area (Å²) >= 11 is 0. The Labute approximate surface area is 78.2 Å². The molecule has 2 nitrogen and oxygen atoms in total. The van der Waals surface area contributed by atoms with Gasteiger partial charge in [0.15, 0.2) is 0 Å². The summed E-state index contributed by atoms with van der Waals surface area (Å²) in [6.07, 6.45) is 2.23. The Morgan fingerprint density at radius 3 is 2.77 bits per heavy atom. The summed E-state index contributed by atoms with van der Waals surface area (Å²) in [5.41, 5.74) is 0.914. The molecule has 0 saturated carbocycles. The van der Waals surface area contributed by atoms with Gasteiger partial charge in [-0.25, -0.2) is 0 Å². The third-order valence-corrected chi connectivity index (χ3v) is 2.06. The van der Waals surface area contributed by atoms with Crippen LogP contribution in [0.25, 0.3) is 0 Å². The molecule has 0 fully saturated rings. The van der Waals surface area contributed by atoms with E-state index in [9.17, 15) is 9.90 Å². The van der Waals surface area contributed by atoms with Crippen molar-refractivity contribution in [3.63, 3.8) is 0 Å². The van der Waals surface area contributed by atoms with Crippen LogP contribution in [-0.4, -0.2) is 11.4 Å². The Morgan fingerprint density at radius 2 is 2.15 bits per heavy atom. The molecule has 0 aliphatic carbocycles. The fourth-order valence-corrected chi connectivity index (χ4v) is 1.31. The van der Waals surface area contributed by atoms with Gasteiger partial charge in [0.1, 0.15) is 12.0 Å². The lowest BCUT2D eigenvalue weighted by atomic mass is 9.98. The van der Waals surface area contributed by atoms with E-state index in [1.54, 1.807) is 12.1 Å². The second-order valence-corrected chi connectivity index (χ2v) is 3.34. The van der Waals surface area contributed by atoms with E-state index in [1.807, 2.05) is 19.1 Å². The number of para-hydroxylation sites is 1. The number of hydrogen-bond acceptors (Lipinski definition) is 2. The third kappa shape index (κ3) is 2.90. The first kappa shape index (κ1) is 9.78. The van der Waals surface area contributed by atoms with Gasteiger partial charge in [-0.05, 0) is 24.0 Å². The average molecular weight is 178 g/mol. The molecule has 1 atom stereocenters. The highest BCUT2D eigenvalue weighted by molar-refractivity contribution is 5.49. The fourth-order valence-electron chi connectivity index (χ4n) is 1.31. The number of carbonyl (C=O) groups excluding carboxylic acids is 1. The zero-order valence-electron chi connectivity index (χ0n) is 7.73. The van der Waals surface area contributed by atoms with Crippen molar-refractivity contribution in [3.05, 3.63) is 29.8 Å². The molecule has 1 N–H and O–H groups in total. The van der Waals surface area contributed by atoms with E-state index in [4.69, 9.17) is 0 Å². The van der Waals surface area contributed by atoms with E-state index < -0.39 is 0 Å². The lowest BCUT2D eigenvalue weighted by Gasteiger charge is -2.08. The predicted octanol–water partition coefficient (Wildman–Crippen LogP) is 2.16. The SMILES string of the molecule is CC(CC=O)Cc1ccccc1O. The number of benzene rings is 1. The molecule has 1 rings (SSSR count). The van der Waals surface area contributed by atoms with E-state index in [-0.39, 0.29) is 0 Å². The van der Waals surface area contributed by atoms with Crippen molar-refractivity contribution in [2.45, 2.75) is 19.8 Å². The smallest absolute Gasteiger partial charge is 0.120 e. The van der Waals surface area contributed by atoms with Crippen LogP contribution in [-0.2, 0) is 11.2 Å². The lowest BCUT2D eigenvalue weighted by molar-refractivity contribution is -0.108. The van der Waals surface area contributed by atoms with E-state index in [0.29, 0.717) is 18.1 Å². The fraction of sp³-hybridized carbons (Fsp3) is 0.364. The van der Waals surface area contributed by atoms with Crippen LogP contribution >= 0.6 is 0 Å². The maximum Gasteiger partial charge on any atom is 0.120 e. The maximum atomic E-state index is 10.2. The molecule has 0 radical (unpaired) electrons. The summed E-state index contributed by atoms with van der Waals surface area (Å²) in [7, 11) is 0. The van der Waals surface area contributed by atoms with Crippen molar-refractivity contribution in [2.24, 2.45) is 5.92 Å². The first-order valence-corrected chi connectivity index (χ1v) is 4.44. The highest BCUT2D eigenvalue weighted by atomic mass is 16.3. The van der Waals surface area contributed by atoms with Crippen molar-refractivity contribution in [1.29, 1.82) is 0 Å². The summed E-state index contributed by atoms with van der Waals surface area (Å²) in [4.78, 5) is 10.2. The van der Waals surface area contributed by atoms with Crippen molar-refractivity contribution in [3.8, 4) is 5.75 Å². The van der Waals surface area contributed by atoms with Gasteiger partial charge in [0.2, 0.25) is 0 Å². The second kappa shape index (κ2) is 4.65. The van der Waals surface area contributed by atoms with Gasteiger partial charge < -0.3 is 9.90 Å². The molecule has 0 aromatic heterocycles.